The van der Waals surface area contributed by atoms with Crippen molar-refractivity contribution in [1.29, 1.82) is 5.26 Å². The van der Waals surface area contributed by atoms with E-state index in [0.717, 1.165) is 0 Å². The summed E-state index contributed by atoms with van der Waals surface area (Å²) in [5.74, 6) is -0.216. The first-order valence-electron chi connectivity index (χ1n) is 4.81. The molecule has 3 heterocycles. The quantitative estimate of drug-likeness (QED) is 0.523. The minimum Gasteiger partial charge on any atom is -0.358 e. The summed E-state index contributed by atoms with van der Waals surface area (Å²) in [4.78, 5) is 11.8. The molecule has 0 aromatic rings. The maximum absolute atomic E-state index is 11.8. The Kier molecular flexibility index (Phi) is 1.21. The van der Waals surface area contributed by atoms with Crippen LogP contribution in [0, 0.1) is 17.2 Å². The summed E-state index contributed by atoms with van der Waals surface area (Å²) in [6, 6.07) is 2.22. The van der Waals surface area contributed by atoms with Crippen molar-refractivity contribution in [3.8, 4) is 6.07 Å². The number of nitrogens with zero attached hydrogens (tertiary/aromatic N) is 1. The zero-order valence-electron chi connectivity index (χ0n) is 8.11. The van der Waals surface area contributed by atoms with Gasteiger partial charge >= 0.3 is 0 Å². The van der Waals surface area contributed by atoms with Crippen molar-refractivity contribution in [3.63, 3.8) is 0 Å². The molecule has 3 aliphatic rings. The second-order valence-corrected chi connectivity index (χ2v) is 4.74. The highest BCUT2D eigenvalue weighted by Gasteiger charge is 2.73. The van der Waals surface area contributed by atoms with E-state index in [9.17, 15) is 4.79 Å². The lowest BCUT2D eigenvalue weighted by atomic mass is 9.87. The number of carbonyl (C=O) groups excluding carboxylic acids is 1. The van der Waals surface area contributed by atoms with E-state index in [2.05, 4.69) is 6.07 Å². The van der Waals surface area contributed by atoms with Gasteiger partial charge in [-0.2, -0.15) is 5.26 Å². The number of hydrogen-bond donors (Lipinski definition) is 0. The zero-order chi connectivity index (χ0) is 10.1. The monoisotopic (exact) mass is 193 g/mol. The second kappa shape index (κ2) is 2.02. The molecule has 3 aliphatic heterocycles. The first-order chi connectivity index (χ1) is 6.51. The lowest BCUT2D eigenvalue weighted by molar-refractivity contribution is -0.156. The molecule has 0 aromatic heterocycles. The van der Waals surface area contributed by atoms with Crippen molar-refractivity contribution >= 4 is 5.78 Å². The molecule has 4 nitrogen and oxygen atoms in total. The van der Waals surface area contributed by atoms with Gasteiger partial charge in [-0.15, -0.1) is 0 Å². The number of Topliss-reactive ketones (excluding diaryl/α,β-unsaturated/α-hetero) is 1. The van der Waals surface area contributed by atoms with Crippen LogP contribution in [0.5, 0.6) is 0 Å². The maximum atomic E-state index is 11.8. The number of epoxide rings is 1. The number of ketones is 1. The molecule has 0 aromatic carbocycles. The van der Waals surface area contributed by atoms with Crippen LogP contribution < -0.4 is 0 Å². The third-order valence-corrected chi connectivity index (χ3v) is 3.72. The molecule has 0 saturated carbocycles. The molecule has 2 bridgehead atoms. The van der Waals surface area contributed by atoms with Gasteiger partial charge in [0.2, 0.25) is 0 Å². The lowest BCUT2D eigenvalue weighted by Crippen LogP contribution is -2.50. The summed E-state index contributed by atoms with van der Waals surface area (Å²) in [6.07, 6.45) is 0.0159. The molecule has 74 valence electrons. The van der Waals surface area contributed by atoms with Gasteiger partial charge in [0, 0.05) is 6.42 Å². The highest BCUT2D eigenvalue weighted by atomic mass is 16.7. The Balaban J connectivity index is 2.09. The van der Waals surface area contributed by atoms with Gasteiger partial charge in [-0.25, -0.2) is 0 Å². The number of rotatable bonds is 0. The summed E-state index contributed by atoms with van der Waals surface area (Å²) < 4.78 is 11.0. The van der Waals surface area contributed by atoms with Gasteiger partial charge in [-0.05, 0) is 13.8 Å². The van der Waals surface area contributed by atoms with Gasteiger partial charge in [0.1, 0.15) is 23.4 Å². The highest BCUT2D eigenvalue weighted by molar-refractivity contribution is 5.95. The predicted octanol–water partition coefficient (Wildman–Crippen LogP) is 0.414. The molecule has 0 amide bonds. The van der Waals surface area contributed by atoms with Crippen molar-refractivity contribution in [2.75, 3.05) is 0 Å². The van der Waals surface area contributed by atoms with E-state index in [4.69, 9.17) is 14.7 Å². The lowest BCUT2D eigenvalue weighted by Gasteiger charge is -2.32. The third kappa shape index (κ3) is 0.701. The Bertz CT molecular complexity index is 374. The van der Waals surface area contributed by atoms with Crippen LogP contribution in [0.15, 0.2) is 0 Å². The molecular formula is C10H11NO3. The fourth-order valence-electron chi connectivity index (χ4n) is 2.82. The van der Waals surface area contributed by atoms with Crippen LogP contribution in [0.2, 0.25) is 0 Å². The van der Waals surface area contributed by atoms with Crippen molar-refractivity contribution in [3.05, 3.63) is 0 Å². The molecule has 0 radical (unpaired) electrons. The van der Waals surface area contributed by atoms with Gasteiger partial charge in [0.25, 0.3) is 0 Å². The molecule has 5 atom stereocenters. The van der Waals surface area contributed by atoms with Gasteiger partial charge in [-0.3, -0.25) is 4.79 Å². The number of nitriles is 1. The normalized spacial score (nSPS) is 59.2. The number of fused-ring (bicyclic) bond motifs is 4. The highest BCUT2D eigenvalue weighted by Crippen LogP contribution is 2.56. The Morgan fingerprint density at radius 1 is 1.57 bits per heavy atom. The summed E-state index contributed by atoms with van der Waals surface area (Å²) >= 11 is 0. The van der Waals surface area contributed by atoms with Crippen LogP contribution in [0.3, 0.4) is 0 Å². The summed E-state index contributed by atoms with van der Waals surface area (Å²) in [6.45, 7) is 3.64. The molecule has 0 N–H and O–H groups in total. The second-order valence-electron chi connectivity index (χ2n) is 4.74. The third-order valence-electron chi connectivity index (χ3n) is 3.72. The molecular weight excluding hydrogens is 182 g/mol. The standard InChI is InChI=1S/C10H11NO3/c1-9-3-5(4-11)10(2,14-9)8-6(13-8)7(9)12/h5-6,8H,3H2,1-2H3/t5?,6-,8-,9-,10+/m0/s1. The van der Waals surface area contributed by atoms with Gasteiger partial charge in [-0.1, -0.05) is 0 Å². The number of ether oxygens (including phenoxy) is 2. The van der Waals surface area contributed by atoms with E-state index in [1.807, 2.05) is 6.92 Å². The largest absolute Gasteiger partial charge is 0.358 e. The van der Waals surface area contributed by atoms with E-state index in [1.54, 1.807) is 6.92 Å². The first kappa shape index (κ1) is 8.39. The van der Waals surface area contributed by atoms with Gasteiger partial charge < -0.3 is 9.47 Å². The Labute approximate surface area is 81.8 Å². The number of carbonyl (C=O) groups is 1. The zero-order valence-corrected chi connectivity index (χ0v) is 8.11. The molecule has 4 heteroatoms. The molecule has 3 saturated heterocycles. The molecule has 3 rings (SSSR count). The molecule has 0 spiro atoms. The van der Waals surface area contributed by atoms with E-state index < -0.39 is 11.2 Å². The van der Waals surface area contributed by atoms with Crippen molar-refractivity contribution in [2.24, 2.45) is 5.92 Å². The van der Waals surface area contributed by atoms with E-state index in [0.29, 0.717) is 6.42 Å². The topological polar surface area (TPSA) is 62.6 Å². The average Bonchev–Trinajstić information content (AvgIpc) is 2.87. The van der Waals surface area contributed by atoms with Crippen molar-refractivity contribution < 1.29 is 14.3 Å². The maximum Gasteiger partial charge on any atom is 0.195 e. The van der Waals surface area contributed by atoms with Crippen LogP contribution >= 0.6 is 0 Å². The van der Waals surface area contributed by atoms with Crippen LogP contribution in [-0.2, 0) is 14.3 Å². The average molecular weight is 193 g/mol. The Hall–Kier alpha value is -0.920. The molecule has 1 unspecified atom stereocenters. The van der Waals surface area contributed by atoms with Gasteiger partial charge in [0.15, 0.2) is 5.78 Å². The number of hydrogen-bond acceptors (Lipinski definition) is 4. The fraction of sp³-hybridized carbons (Fsp3) is 0.800. The first-order valence-corrected chi connectivity index (χ1v) is 4.81. The van der Waals surface area contributed by atoms with E-state index in [-0.39, 0.29) is 23.9 Å². The molecule has 14 heavy (non-hydrogen) atoms. The molecule has 3 fully saturated rings. The Morgan fingerprint density at radius 2 is 2.29 bits per heavy atom. The minimum absolute atomic E-state index is 0.0118. The Morgan fingerprint density at radius 3 is 2.93 bits per heavy atom. The van der Waals surface area contributed by atoms with E-state index in [1.165, 1.54) is 0 Å². The summed E-state index contributed by atoms with van der Waals surface area (Å²) in [7, 11) is 0. The molecule has 0 aliphatic carbocycles. The van der Waals surface area contributed by atoms with E-state index >= 15 is 0 Å². The SMILES string of the molecule is C[C@@]12CC(C#N)[C@@](C)(O1)[C@H]1O[C@H]1C2=O. The fourth-order valence-corrected chi connectivity index (χ4v) is 2.82. The van der Waals surface area contributed by atoms with Crippen molar-refractivity contribution in [2.45, 2.75) is 43.7 Å². The van der Waals surface area contributed by atoms with Crippen LogP contribution in [0.4, 0.5) is 0 Å². The van der Waals surface area contributed by atoms with Crippen LogP contribution in [0.1, 0.15) is 20.3 Å². The minimum atomic E-state index is -0.785. The smallest absolute Gasteiger partial charge is 0.195 e. The summed E-state index contributed by atoms with van der Waals surface area (Å²) in [5.41, 5.74) is -1.35. The van der Waals surface area contributed by atoms with Gasteiger partial charge in [0.05, 0.1) is 12.0 Å². The van der Waals surface area contributed by atoms with Crippen molar-refractivity contribution in [1.82, 2.24) is 0 Å². The predicted molar refractivity (Wildman–Crippen MR) is 45.3 cm³/mol. The van der Waals surface area contributed by atoms with Crippen LogP contribution in [-0.4, -0.2) is 29.2 Å². The van der Waals surface area contributed by atoms with Crippen LogP contribution in [0.25, 0.3) is 0 Å². The summed E-state index contributed by atoms with van der Waals surface area (Å²) in [5, 5.41) is 9.02.